The van der Waals surface area contributed by atoms with Gasteiger partial charge in [-0.15, -0.1) is 11.3 Å². The maximum absolute atomic E-state index is 15.2. The monoisotopic (exact) mass is 546 g/mol. The Bertz CT molecular complexity index is 1350. The number of carboxylic acids is 1. The fourth-order valence-corrected chi connectivity index (χ4v) is 4.90. The number of carboxylic acid groups (broad SMARTS) is 1. The summed E-state index contributed by atoms with van der Waals surface area (Å²) in [5.74, 6) is -5.36. The number of nitrogens with zero attached hydrogens (tertiary/aromatic N) is 1. The summed E-state index contributed by atoms with van der Waals surface area (Å²) in [6.45, 7) is 0.448. The van der Waals surface area contributed by atoms with Gasteiger partial charge in [-0.05, 0) is 43.0 Å². The molecule has 0 saturated heterocycles. The maximum Gasteiger partial charge on any atom is 0.371 e. The third-order valence-electron chi connectivity index (χ3n) is 6.21. The summed E-state index contributed by atoms with van der Waals surface area (Å²) < 4.78 is 54.5. The minimum Gasteiger partial charge on any atom is -0.490 e. The largest absolute Gasteiger partial charge is 0.490 e. The molecule has 0 atom stereocenters. The molecule has 38 heavy (non-hydrogen) atoms. The van der Waals surface area contributed by atoms with E-state index in [0.29, 0.717) is 18.6 Å². The van der Waals surface area contributed by atoms with Crippen LogP contribution < -0.4 is 10.1 Å². The van der Waals surface area contributed by atoms with Crippen molar-refractivity contribution >= 4 is 34.4 Å². The van der Waals surface area contributed by atoms with Gasteiger partial charge in [0.25, 0.3) is 5.91 Å². The summed E-state index contributed by atoms with van der Waals surface area (Å²) in [6, 6.07) is 6.30. The van der Waals surface area contributed by atoms with Gasteiger partial charge < -0.3 is 14.6 Å². The third kappa shape index (κ3) is 6.34. The van der Waals surface area contributed by atoms with Crippen molar-refractivity contribution in [2.24, 2.45) is 5.92 Å². The average molecular weight is 547 g/mol. The van der Waals surface area contributed by atoms with E-state index < -0.39 is 40.7 Å². The second kappa shape index (κ2) is 12.1. The molecular formula is C27H25F3N2O5S. The molecule has 2 N–H and O–H groups in total. The van der Waals surface area contributed by atoms with E-state index in [1.165, 1.54) is 6.42 Å². The number of anilines is 1. The highest BCUT2D eigenvalue weighted by molar-refractivity contribution is 7.14. The minimum atomic E-state index is -1.51. The number of aromatic nitrogens is 1. The summed E-state index contributed by atoms with van der Waals surface area (Å²) in [5, 5.41) is 13.1. The predicted molar refractivity (Wildman–Crippen MR) is 137 cm³/mol. The molecule has 4 rings (SSSR count). The smallest absolute Gasteiger partial charge is 0.371 e. The van der Waals surface area contributed by atoms with Gasteiger partial charge in [-0.3, -0.25) is 10.1 Å². The van der Waals surface area contributed by atoms with Crippen LogP contribution in [-0.2, 0) is 9.53 Å². The lowest BCUT2D eigenvalue weighted by atomic mass is 9.90. The van der Waals surface area contributed by atoms with Crippen LogP contribution >= 0.6 is 11.3 Å². The Morgan fingerprint density at radius 1 is 1.16 bits per heavy atom. The van der Waals surface area contributed by atoms with Crippen LogP contribution in [0.3, 0.4) is 0 Å². The number of aliphatic carboxylic acids is 1. The average Bonchev–Trinajstić information content (AvgIpc) is 3.36. The van der Waals surface area contributed by atoms with E-state index in [9.17, 15) is 18.4 Å². The first kappa shape index (κ1) is 27.2. The minimum absolute atomic E-state index is 0.0928. The van der Waals surface area contributed by atoms with Gasteiger partial charge in [-0.25, -0.2) is 22.9 Å². The van der Waals surface area contributed by atoms with Gasteiger partial charge in [0.2, 0.25) is 5.76 Å². The quantitative estimate of drug-likeness (QED) is 0.235. The molecule has 11 heteroatoms. The number of thiazole rings is 1. The van der Waals surface area contributed by atoms with Gasteiger partial charge >= 0.3 is 5.97 Å². The standard InChI is InChI=1S/C27H25F3N2O5S/c1-36-23(26(34)35)12-18-19(28)10-16(11-20(18)29)25(33)32-27-31-21(14-38-27)17-8-5-9-22(24(17)30)37-13-15-6-3-2-4-7-15/h5,8-12,14-15H,2-4,6-7,13H2,1H3,(H,34,35)(H,31,32,33)/b23-12-. The molecule has 0 radical (unpaired) electrons. The normalized spacial score (nSPS) is 14.3. The lowest BCUT2D eigenvalue weighted by molar-refractivity contribution is -0.135. The molecule has 0 aliphatic heterocycles. The van der Waals surface area contributed by atoms with Crippen LogP contribution in [0.4, 0.5) is 18.3 Å². The zero-order chi connectivity index (χ0) is 27.2. The number of nitrogens with one attached hydrogen (secondary N) is 1. The second-order valence-electron chi connectivity index (χ2n) is 8.80. The first-order valence-electron chi connectivity index (χ1n) is 11.9. The van der Waals surface area contributed by atoms with Crippen LogP contribution in [0, 0.1) is 23.4 Å². The van der Waals surface area contributed by atoms with Gasteiger partial charge in [0.1, 0.15) is 11.6 Å². The molecule has 1 aliphatic rings. The van der Waals surface area contributed by atoms with E-state index in [1.54, 1.807) is 23.6 Å². The molecule has 0 spiro atoms. The Labute approximate surface area is 220 Å². The highest BCUT2D eigenvalue weighted by Gasteiger charge is 2.20. The summed E-state index contributed by atoms with van der Waals surface area (Å²) >= 11 is 1.01. The van der Waals surface area contributed by atoms with Crippen molar-refractivity contribution < 1.29 is 37.3 Å². The van der Waals surface area contributed by atoms with Crippen LogP contribution in [0.1, 0.15) is 48.0 Å². The molecule has 1 aromatic heterocycles. The van der Waals surface area contributed by atoms with Gasteiger partial charge in [-0.2, -0.15) is 0 Å². The number of carbonyl (C=O) groups is 2. The van der Waals surface area contributed by atoms with Crippen LogP contribution in [-0.4, -0.2) is 35.7 Å². The Balaban J connectivity index is 1.47. The number of benzene rings is 2. The number of hydrogen-bond donors (Lipinski definition) is 2. The fraction of sp³-hybridized carbons (Fsp3) is 0.296. The van der Waals surface area contributed by atoms with E-state index in [-0.39, 0.29) is 27.7 Å². The number of methoxy groups -OCH3 is 1. The summed E-state index contributed by atoms with van der Waals surface area (Å²) in [5.41, 5.74) is -0.557. The second-order valence-corrected chi connectivity index (χ2v) is 9.65. The molecule has 1 amide bonds. The van der Waals surface area contributed by atoms with Crippen molar-refractivity contribution in [1.29, 1.82) is 0 Å². The molecule has 1 fully saturated rings. The van der Waals surface area contributed by atoms with E-state index >= 15 is 4.39 Å². The Kier molecular flexibility index (Phi) is 8.67. The van der Waals surface area contributed by atoms with Crippen LogP contribution in [0.25, 0.3) is 17.3 Å². The number of halogens is 3. The van der Waals surface area contributed by atoms with E-state index in [0.717, 1.165) is 56.3 Å². The molecular weight excluding hydrogens is 521 g/mol. The predicted octanol–water partition coefficient (Wildman–Crippen LogP) is 6.51. The van der Waals surface area contributed by atoms with Crippen molar-refractivity contribution in [2.75, 3.05) is 19.0 Å². The number of hydrogen-bond acceptors (Lipinski definition) is 6. The molecule has 200 valence electrons. The molecule has 1 heterocycles. The molecule has 1 saturated carbocycles. The van der Waals surface area contributed by atoms with E-state index in [2.05, 4.69) is 15.0 Å². The van der Waals surface area contributed by atoms with Gasteiger partial charge in [0.15, 0.2) is 16.7 Å². The molecule has 0 bridgehead atoms. The van der Waals surface area contributed by atoms with Crippen molar-refractivity contribution in [3.05, 3.63) is 70.0 Å². The number of ether oxygens (including phenoxy) is 2. The summed E-state index contributed by atoms with van der Waals surface area (Å²) in [7, 11) is 1.05. The fourth-order valence-electron chi connectivity index (χ4n) is 4.20. The van der Waals surface area contributed by atoms with Gasteiger partial charge in [-0.1, -0.05) is 25.3 Å². The number of rotatable bonds is 9. The van der Waals surface area contributed by atoms with E-state index in [1.807, 2.05) is 0 Å². The van der Waals surface area contributed by atoms with Gasteiger partial charge in [0.05, 0.1) is 19.4 Å². The molecule has 7 nitrogen and oxygen atoms in total. The highest BCUT2D eigenvalue weighted by Crippen LogP contribution is 2.33. The molecule has 0 unspecified atom stereocenters. The van der Waals surface area contributed by atoms with E-state index in [4.69, 9.17) is 9.84 Å². The first-order valence-corrected chi connectivity index (χ1v) is 12.8. The van der Waals surface area contributed by atoms with Gasteiger partial charge in [0, 0.05) is 28.1 Å². The Morgan fingerprint density at radius 3 is 2.53 bits per heavy atom. The zero-order valence-electron chi connectivity index (χ0n) is 20.4. The van der Waals surface area contributed by atoms with Crippen molar-refractivity contribution in [3.8, 4) is 17.0 Å². The number of amides is 1. The number of carbonyl (C=O) groups excluding carboxylic acids is 1. The van der Waals surface area contributed by atoms with Crippen molar-refractivity contribution in [3.63, 3.8) is 0 Å². The zero-order valence-corrected chi connectivity index (χ0v) is 21.2. The Hall–Kier alpha value is -3.86. The summed E-state index contributed by atoms with van der Waals surface area (Å²) in [6.07, 6.45) is 6.36. The first-order chi connectivity index (χ1) is 18.3. The van der Waals surface area contributed by atoms with Crippen LogP contribution in [0.5, 0.6) is 5.75 Å². The van der Waals surface area contributed by atoms with Crippen molar-refractivity contribution in [2.45, 2.75) is 32.1 Å². The lowest BCUT2D eigenvalue weighted by Crippen LogP contribution is -2.15. The molecule has 1 aliphatic carbocycles. The maximum atomic E-state index is 15.2. The topological polar surface area (TPSA) is 97.8 Å². The SMILES string of the molecule is CO/C(=C\c1c(F)cc(C(=O)Nc2nc(-c3cccc(OCC4CCCCC4)c3F)cs2)cc1F)C(=O)O. The van der Waals surface area contributed by atoms with Crippen molar-refractivity contribution in [1.82, 2.24) is 4.98 Å². The van der Waals surface area contributed by atoms with Crippen LogP contribution in [0.2, 0.25) is 0 Å². The molecule has 3 aromatic rings. The molecule has 2 aromatic carbocycles. The lowest BCUT2D eigenvalue weighted by Gasteiger charge is -2.22. The van der Waals surface area contributed by atoms with Crippen LogP contribution in [0.15, 0.2) is 41.5 Å². The highest BCUT2D eigenvalue weighted by atomic mass is 32.1. The summed E-state index contributed by atoms with van der Waals surface area (Å²) in [4.78, 5) is 27.9. The third-order valence-corrected chi connectivity index (χ3v) is 6.97. The Morgan fingerprint density at radius 2 is 1.87 bits per heavy atom.